The highest BCUT2D eigenvalue weighted by Gasteiger charge is 2.34. The minimum Gasteiger partial charge on any atom is -0.211 e. The number of aliphatic imine (C=N–C) groups is 2. The second kappa shape index (κ2) is 7.17. The zero-order chi connectivity index (χ0) is 16.0. The molecule has 0 aliphatic carbocycles. The summed E-state index contributed by atoms with van der Waals surface area (Å²) in [4.78, 5) is 28.6. The van der Waals surface area contributed by atoms with Crippen LogP contribution in [-0.4, -0.2) is 12.2 Å². The lowest BCUT2D eigenvalue weighted by atomic mass is 9.91. The fourth-order valence-corrected chi connectivity index (χ4v) is 2.40. The second-order valence-corrected chi connectivity index (χ2v) is 5.46. The molecule has 2 aromatic rings. The Labute approximate surface area is 137 Å². The Morgan fingerprint density at radius 1 is 0.818 bits per heavy atom. The van der Waals surface area contributed by atoms with Crippen LogP contribution < -0.4 is 0 Å². The normalized spacial score (nSPS) is 12.9. The Kier molecular flexibility index (Phi) is 5.26. The summed E-state index contributed by atoms with van der Waals surface area (Å²) >= 11 is 11.6. The van der Waals surface area contributed by atoms with Gasteiger partial charge in [0.1, 0.15) is 4.84 Å². The van der Waals surface area contributed by atoms with E-state index in [2.05, 4.69) is 9.98 Å². The maximum Gasteiger partial charge on any atom is 0.238 e. The van der Waals surface area contributed by atoms with Crippen LogP contribution in [0.25, 0.3) is 0 Å². The van der Waals surface area contributed by atoms with Crippen LogP contribution >= 0.6 is 23.2 Å². The molecule has 6 heteroatoms. The highest BCUT2D eigenvalue weighted by atomic mass is 35.5. The van der Waals surface area contributed by atoms with Crippen LogP contribution in [0.15, 0.2) is 64.6 Å². The number of rotatable bonds is 5. The van der Waals surface area contributed by atoms with Crippen LogP contribution in [-0.2, 0) is 15.3 Å². The Hall–Kier alpha value is -2.22. The van der Waals surface area contributed by atoms with E-state index in [0.717, 1.165) is 0 Å². The van der Waals surface area contributed by atoms with Gasteiger partial charge in [0.2, 0.25) is 17.8 Å². The molecule has 0 spiro atoms. The molecule has 0 N–H and O–H groups in total. The topological polar surface area (TPSA) is 58.9 Å². The Morgan fingerprint density at radius 2 is 1.32 bits per heavy atom. The molecule has 2 rings (SSSR count). The smallest absolute Gasteiger partial charge is 0.211 e. The third kappa shape index (κ3) is 3.16. The highest BCUT2D eigenvalue weighted by molar-refractivity contribution is 6.44. The number of hydrogen-bond acceptors (Lipinski definition) is 4. The molecule has 110 valence electrons. The van der Waals surface area contributed by atoms with Gasteiger partial charge in [0.05, 0.1) is 0 Å². The van der Waals surface area contributed by atoms with Crippen molar-refractivity contribution in [2.75, 3.05) is 0 Å². The molecule has 4 nitrogen and oxygen atoms in total. The van der Waals surface area contributed by atoms with Crippen molar-refractivity contribution in [3.8, 4) is 0 Å². The van der Waals surface area contributed by atoms with Crippen molar-refractivity contribution in [1.82, 2.24) is 0 Å². The second-order valence-electron chi connectivity index (χ2n) is 4.37. The first-order valence-electron chi connectivity index (χ1n) is 6.26. The molecule has 0 amide bonds. The summed E-state index contributed by atoms with van der Waals surface area (Å²) in [7, 11) is 0. The first-order chi connectivity index (χ1) is 10.6. The van der Waals surface area contributed by atoms with Gasteiger partial charge in [-0.15, -0.1) is 23.2 Å². The zero-order valence-electron chi connectivity index (χ0n) is 11.2. The molecule has 22 heavy (non-hydrogen) atoms. The van der Waals surface area contributed by atoms with Crippen molar-refractivity contribution in [3.63, 3.8) is 0 Å². The fraction of sp³-hybridized carbons (Fsp3) is 0.125. The number of alkyl halides is 2. The summed E-state index contributed by atoms with van der Waals surface area (Å²) < 4.78 is 0. The Morgan fingerprint density at radius 3 is 1.77 bits per heavy atom. The van der Waals surface area contributed by atoms with Gasteiger partial charge in [0.25, 0.3) is 0 Å². The van der Waals surface area contributed by atoms with Gasteiger partial charge in [0, 0.05) is 11.1 Å². The third-order valence-electron chi connectivity index (χ3n) is 3.16. The molecule has 0 fully saturated rings. The first-order valence-corrected chi connectivity index (χ1v) is 7.13. The van der Waals surface area contributed by atoms with Gasteiger partial charge in [-0.2, -0.15) is 9.98 Å². The molecule has 0 aliphatic rings. The van der Waals surface area contributed by atoms with Gasteiger partial charge in [0.15, 0.2) is 0 Å². The standard InChI is InChI=1S/C16H10Cl2N2O2/c17-15(18)12-6-8-14(9-7-12)16(19-10-21,20-11-22)13-4-2-1-3-5-13/h1-9,15H. The van der Waals surface area contributed by atoms with Crippen molar-refractivity contribution < 1.29 is 9.59 Å². The lowest BCUT2D eigenvalue weighted by Crippen LogP contribution is -2.22. The number of nitrogens with zero attached hydrogens (tertiary/aromatic N) is 2. The van der Waals surface area contributed by atoms with Gasteiger partial charge < -0.3 is 0 Å². The van der Waals surface area contributed by atoms with Gasteiger partial charge in [-0.3, -0.25) is 0 Å². The predicted octanol–water partition coefficient (Wildman–Crippen LogP) is 4.04. The van der Waals surface area contributed by atoms with Crippen LogP contribution in [0.4, 0.5) is 0 Å². The molecule has 0 saturated heterocycles. The van der Waals surface area contributed by atoms with E-state index < -0.39 is 10.5 Å². The Balaban J connectivity index is 2.67. The maximum atomic E-state index is 10.9. The number of benzene rings is 2. The molecular weight excluding hydrogens is 323 g/mol. The summed E-state index contributed by atoms with van der Waals surface area (Å²) in [5.74, 6) is 0. The largest absolute Gasteiger partial charge is 0.238 e. The van der Waals surface area contributed by atoms with E-state index in [1.165, 1.54) is 12.2 Å². The van der Waals surface area contributed by atoms with Crippen molar-refractivity contribution in [3.05, 3.63) is 71.3 Å². The van der Waals surface area contributed by atoms with Gasteiger partial charge in [-0.1, -0.05) is 54.6 Å². The van der Waals surface area contributed by atoms with Crippen molar-refractivity contribution in [1.29, 1.82) is 0 Å². The highest BCUT2D eigenvalue weighted by Crippen LogP contribution is 2.36. The van der Waals surface area contributed by atoms with Crippen molar-refractivity contribution in [2.45, 2.75) is 10.5 Å². The molecule has 0 heterocycles. The minimum atomic E-state index is -1.52. The predicted molar refractivity (Wildman–Crippen MR) is 84.4 cm³/mol. The van der Waals surface area contributed by atoms with E-state index >= 15 is 0 Å². The average Bonchev–Trinajstić information content (AvgIpc) is 2.55. The summed E-state index contributed by atoms with van der Waals surface area (Å²) in [5, 5.41) is 0. The van der Waals surface area contributed by atoms with E-state index in [-0.39, 0.29) is 0 Å². The molecule has 0 aliphatic heterocycles. The summed E-state index contributed by atoms with van der Waals surface area (Å²) in [5.41, 5.74) is 0.210. The minimum absolute atomic E-state index is 0.503. The maximum absolute atomic E-state index is 10.9. The zero-order valence-corrected chi connectivity index (χ0v) is 12.8. The SMILES string of the molecule is O=C=NC(N=C=O)(c1ccccc1)c1ccc(C(Cl)Cl)cc1. The van der Waals surface area contributed by atoms with E-state index in [0.29, 0.717) is 16.7 Å². The quantitative estimate of drug-likeness (QED) is 0.471. The monoisotopic (exact) mass is 332 g/mol. The molecule has 0 atom stereocenters. The first kappa shape index (κ1) is 16.2. The average molecular weight is 333 g/mol. The molecule has 0 saturated carbocycles. The number of halogens is 2. The molecule has 0 radical (unpaired) electrons. The number of carbonyl (C=O) groups excluding carboxylic acids is 2. The number of hydrogen-bond donors (Lipinski definition) is 0. The summed E-state index contributed by atoms with van der Waals surface area (Å²) in [6.45, 7) is 0. The van der Waals surface area contributed by atoms with Crippen LogP contribution in [0, 0.1) is 0 Å². The lowest BCUT2D eigenvalue weighted by molar-refractivity contribution is 0.516. The van der Waals surface area contributed by atoms with E-state index in [9.17, 15) is 9.59 Å². The lowest BCUT2D eigenvalue weighted by Gasteiger charge is -2.23. The summed E-state index contributed by atoms with van der Waals surface area (Å²) in [6, 6.07) is 15.4. The van der Waals surface area contributed by atoms with Crippen molar-refractivity contribution >= 4 is 35.4 Å². The van der Waals surface area contributed by atoms with Crippen LogP contribution in [0.1, 0.15) is 21.5 Å². The van der Waals surface area contributed by atoms with Crippen molar-refractivity contribution in [2.24, 2.45) is 9.98 Å². The van der Waals surface area contributed by atoms with Gasteiger partial charge in [-0.05, 0) is 5.56 Å². The summed E-state index contributed by atoms with van der Waals surface area (Å²) in [6.07, 6.45) is 2.96. The van der Waals surface area contributed by atoms with E-state index in [1.54, 1.807) is 54.6 Å². The number of isocyanates is 2. The van der Waals surface area contributed by atoms with Crippen LogP contribution in [0.2, 0.25) is 0 Å². The molecular formula is C16H10Cl2N2O2. The molecule has 0 aromatic heterocycles. The third-order valence-corrected chi connectivity index (χ3v) is 3.66. The van der Waals surface area contributed by atoms with Crippen LogP contribution in [0.3, 0.4) is 0 Å². The van der Waals surface area contributed by atoms with Crippen LogP contribution in [0.5, 0.6) is 0 Å². The molecule has 2 aromatic carbocycles. The van der Waals surface area contributed by atoms with E-state index in [4.69, 9.17) is 23.2 Å². The Bertz CT molecular complexity index is 715. The molecule has 0 bridgehead atoms. The fourth-order valence-electron chi connectivity index (χ4n) is 2.11. The van der Waals surface area contributed by atoms with E-state index in [1.807, 2.05) is 0 Å². The molecule has 0 unspecified atom stereocenters. The van der Waals surface area contributed by atoms with Gasteiger partial charge in [-0.25, -0.2) is 9.59 Å². The van der Waals surface area contributed by atoms with Gasteiger partial charge >= 0.3 is 0 Å².